The van der Waals surface area contributed by atoms with Crippen molar-refractivity contribution in [3.63, 3.8) is 0 Å². The highest BCUT2D eigenvalue weighted by Crippen LogP contribution is 2.26. The summed E-state index contributed by atoms with van der Waals surface area (Å²) in [6, 6.07) is 8.95. The van der Waals surface area contributed by atoms with E-state index in [0.29, 0.717) is 0 Å². The van der Waals surface area contributed by atoms with Crippen LogP contribution in [0.1, 0.15) is 11.1 Å². The van der Waals surface area contributed by atoms with Gasteiger partial charge in [0.1, 0.15) is 0 Å². The maximum Gasteiger partial charge on any atom is 0.0231 e. The molecule has 0 aromatic heterocycles. The van der Waals surface area contributed by atoms with E-state index in [1.54, 1.807) is 0 Å². The summed E-state index contributed by atoms with van der Waals surface area (Å²) in [4.78, 5) is 0. The third kappa shape index (κ3) is 0.850. The molecule has 10 heavy (non-hydrogen) atoms. The van der Waals surface area contributed by atoms with Gasteiger partial charge in [-0.2, -0.15) is 0 Å². The van der Waals surface area contributed by atoms with Crippen LogP contribution in [-0.4, -0.2) is 0 Å². The van der Waals surface area contributed by atoms with Gasteiger partial charge in [0.25, 0.3) is 0 Å². The molecule has 0 atom stereocenters. The van der Waals surface area contributed by atoms with Crippen LogP contribution in [0.25, 0.3) is 6.08 Å². The summed E-state index contributed by atoms with van der Waals surface area (Å²) in [6.07, 6.45) is 2.89. The number of hydrogen-bond acceptors (Lipinski definition) is 0. The van der Waals surface area contributed by atoms with E-state index in [1.807, 2.05) is 24.3 Å². The lowest BCUT2D eigenvalue weighted by Gasteiger charge is -1.92. The maximum atomic E-state index is 5.82. The molecule has 0 spiro atoms. The smallest absolute Gasteiger partial charge is 0.0231 e. The van der Waals surface area contributed by atoms with Gasteiger partial charge in [0.05, 0.1) is 0 Å². The van der Waals surface area contributed by atoms with Crippen LogP contribution in [0, 0.1) is 6.07 Å². The Morgan fingerprint density at radius 3 is 3.20 bits per heavy atom. The zero-order valence-electron chi connectivity index (χ0n) is 5.39. The lowest BCUT2D eigenvalue weighted by molar-refractivity contribution is 1.29. The SMILES string of the molecule is ClC1=Cc2cc[c]cc2C1. The van der Waals surface area contributed by atoms with Crippen LogP contribution in [0.3, 0.4) is 0 Å². The Kier molecular flexibility index (Phi) is 1.28. The number of benzene rings is 1. The van der Waals surface area contributed by atoms with Gasteiger partial charge in [-0.1, -0.05) is 29.8 Å². The van der Waals surface area contributed by atoms with Crippen molar-refractivity contribution >= 4 is 17.7 Å². The predicted octanol–water partition coefficient (Wildman–Crippen LogP) is 2.62. The Morgan fingerprint density at radius 2 is 2.40 bits per heavy atom. The van der Waals surface area contributed by atoms with E-state index in [0.717, 1.165) is 11.5 Å². The highest BCUT2D eigenvalue weighted by molar-refractivity contribution is 6.32. The second kappa shape index (κ2) is 2.14. The lowest BCUT2D eigenvalue weighted by Crippen LogP contribution is -1.78. The van der Waals surface area contributed by atoms with Crippen LogP contribution in [-0.2, 0) is 6.42 Å². The van der Waals surface area contributed by atoms with E-state index in [1.165, 1.54) is 11.1 Å². The molecule has 0 heterocycles. The summed E-state index contributed by atoms with van der Waals surface area (Å²) in [5.41, 5.74) is 2.52. The summed E-state index contributed by atoms with van der Waals surface area (Å²) < 4.78 is 0. The van der Waals surface area contributed by atoms with Gasteiger partial charge >= 0.3 is 0 Å². The fourth-order valence-electron chi connectivity index (χ4n) is 1.17. The molecule has 0 unspecified atom stereocenters. The van der Waals surface area contributed by atoms with Crippen LogP contribution in [0.5, 0.6) is 0 Å². The average molecular weight is 150 g/mol. The first-order valence-electron chi connectivity index (χ1n) is 3.21. The molecular formula is C9H6Cl. The van der Waals surface area contributed by atoms with Gasteiger partial charge in [0.2, 0.25) is 0 Å². The summed E-state index contributed by atoms with van der Waals surface area (Å²) in [7, 11) is 0. The number of hydrogen-bond donors (Lipinski definition) is 0. The van der Waals surface area contributed by atoms with Crippen LogP contribution in [0.15, 0.2) is 23.2 Å². The zero-order valence-corrected chi connectivity index (χ0v) is 6.15. The fraction of sp³-hybridized carbons (Fsp3) is 0.111. The van der Waals surface area contributed by atoms with E-state index in [9.17, 15) is 0 Å². The van der Waals surface area contributed by atoms with Gasteiger partial charge in [-0.3, -0.25) is 0 Å². The minimum atomic E-state index is 0.883. The van der Waals surface area contributed by atoms with Crippen LogP contribution < -0.4 is 0 Å². The van der Waals surface area contributed by atoms with Crippen LogP contribution in [0.4, 0.5) is 0 Å². The van der Waals surface area contributed by atoms with Crippen LogP contribution >= 0.6 is 11.6 Å². The minimum Gasteiger partial charge on any atom is -0.0888 e. The van der Waals surface area contributed by atoms with Crippen molar-refractivity contribution in [3.8, 4) is 0 Å². The molecule has 0 saturated heterocycles. The third-order valence-corrected chi connectivity index (χ3v) is 1.90. The Balaban J connectivity index is 2.54. The molecular weight excluding hydrogens is 144 g/mol. The Labute approximate surface area is 65.1 Å². The second-order valence-electron chi connectivity index (χ2n) is 2.39. The maximum absolute atomic E-state index is 5.82. The topological polar surface area (TPSA) is 0 Å². The summed E-state index contributed by atoms with van der Waals surface area (Å²) in [6.45, 7) is 0. The van der Waals surface area contributed by atoms with Gasteiger partial charge < -0.3 is 0 Å². The predicted molar refractivity (Wildman–Crippen MR) is 42.8 cm³/mol. The van der Waals surface area contributed by atoms with E-state index in [-0.39, 0.29) is 0 Å². The molecule has 0 fully saturated rings. The zero-order chi connectivity index (χ0) is 6.97. The highest BCUT2D eigenvalue weighted by atomic mass is 35.5. The quantitative estimate of drug-likeness (QED) is 0.532. The number of rotatable bonds is 0. The molecule has 1 radical (unpaired) electrons. The number of fused-ring (bicyclic) bond motifs is 1. The molecule has 1 heteroatoms. The van der Waals surface area contributed by atoms with Crippen LogP contribution in [0.2, 0.25) is 0 Å². The van der Waals surface area contributed by atoms with E-state index in [4.69, 9.17) is 11.6 Å². The molecule has 0 aliphatic heterocycles. The summed E-state index contributed by atoms with van der Waals surface area (Å²) in [5.74, 6) is 0. The molecule has 0 N–H and O–H groups in total. The van der Waals surface area contributed by atoms with Gasteiger partial charge in [-0.05, 0) is 23.3 Å². The normalized spacial score (nSPS) is 14.7. The first-order chi connectivity index (χ1) is 4.86. The van der Waals surface area contributed by atoms with Gasteiger partial charge in [0.15, 0.2) is 0 Å². The lowest BCUT2D eigenvalue weighted by atomic mass is 10.1. The second-order valence-corrected chi connectivity index (χ2v) is 2.88. The molecule has 1 aromatic carbocycles. The first-order valence-corrected chi connectivity index (χ1v) is 3.59. The number of allylic oxidation sites excluding steroid dienone is 1. The number of halogens is 1. The monoisotopic (exact) mass is 149 g/mol. The van der Waals surface area contributed by atoms with Gasteiger partial charge in [-0.15, -0.1) is 0 Å². The van der Waals surface area contributed by atoms with Gasteiger partial charge in [0, 0.05) is 11.5 Å². The molecule has 0 amide bonds. The van der Waals surface area contributed by atoms with Crippen molar-refractivity contribution in [1.82, 2.24) is 0 Å². The van der Waals surface area contributed by atoms with Crippen molar-refractivity contribution < 1.29 is 0 Å². The van der Waals surface area contributed by atoms with Crippen molar-refractivity contribution in [2.45, 2.75) is 6.42 Å². The summed E-state index contributed by atoms with van der Waals surface area (Å²) in [5, 5.41) is 0.926. The standard InChI is InChI=1S/C9H6Cl/c10-9-5-7-3-1-2-4-8(7)6-9/h1,3-5H,6H2. The van der Waals surface area contributed by atoms with Crippen molar-refractivity contribution in [2.24, 2.45) is 0 Å². The van der Waals surface area contributed by atoms with Crippen molar-refractivity contribution in [2.75, 3.05) is 0 Å². The molecule has 0 nitrogen and oxygen atoms in total. The summed E-state index contributed by atoms with van der Waals surface area (Å²) >= 11 is 5.82. The molecule has 1 aliphatic rings. The molecule has 1 aliphatic carbocycles. The largest absolute Gasteiger partial charge is 0.0888 e. The van der Waals surface area contributed by atoms with Crippen molar-refractivity contribution in [3.05, 3.63) is 40.4 Å². The molecule has 0 saturated carbocycles. The minimum absolute atomic E-state index is 0.883. The molecule has 2 rings (SSSR count). The third-order valence-electron chi connectivity index (χ3n) is 1.66. The Bertz CT molecular complexity index is 287. The molecule has 1 aromatic rings. The van der Waals surface area contributed by atoms with E-state index >= 15 is 0 Å². The van der Waals surface area contributed by atoms with E-state index < -0.39 is 0 Å². The molecule has 0 bridgehead atoms. The van der Waals surface area contributed by atoms with E-state index in [2.05, 4.69) is 6.07 Å². The molecule has 49 valence electrons. The van der Waals surface area contributed by atoms with Gasteiger partial charge in [-0.25, -0.2) is 0 Å². The Hall–Kier alpha value is -0.750. The van der Waals surface area contributed by atoms with Crippen molar-refractivity contribution in [1.29, 1.82) is 0 Å². The Morgan fingerprint density at radius 1 is 1.50 bits per heavy atom. The average Bonchev–Trinajstić information content (AvgIpc) is 2.27. The fourth-order valence-corrected chi connectivity index (χ4v) is 1.43. The first kappa shape index (κ1) is 5.99. The highest BCUT2D eigenvalue weighted by Gasteiger charge is 2.08.